The summed E-state index contributed by atoms with van der Waals surface area (Å²) in [7, 11) is 0. The maximum atomic E-state index is 12.6. The second-order valence-electron chi connectivity index (χ2n) is 3.37. The van der Waals surface area contributed by atoms with Crippen LogP contribution in [0.2, 0.25) is 0 Å². The summed E-state index contributed by atoms with van der Waals surface area (Å²) in [4.78, 5) is 13.7. The second-order valence-corrected chi connectivity index (χ2v) is 3.71. The molecule has 1 aromatic rings. The molecule has 2 N–H and O–H groups in total. The fourth-order valence-electron chi connectivity index (χ4n) is 1.28. The lowest BCUT2D eigenvalue weighted by Gasteiger charge is -2.16. The summed E-state index contributed by atoms with van der Waals surface area (Å²) in [5.41, 5.74) is 1.35. The van der Waals surface area contributed by atoms with Crippen molar-refractivity contribution in [2.45, 2.75) is 19.1 Å². The summed E-state index contributed by atoms with van der Waals surface area (Å²) in [6.45, 7) is -0.757. The van der Waals surface area contributed by atoms with Crippen molar-refractivity contribution in [3.05, 3.63) is 23.0 Å². The predicted octanol–water partition coefficient (Wildman–Crippen LogP) is 2.84. The molecular weight excluding hydrogens is 318 g/mol. The van der Waals surface area contributed by atoms with E-state index in [0.29, 0.717) is 6.07 Å². The first-order valence-corrected chi connectivity index (χ1v) is 5.10. The average molecular weight is 323 g/mol. The van der Waals surface area contributed by atoms with Gasteiger partial charge in [0.05, 0.1) is 0 Å². The Morgan fingerprint density at radius 1 is 1.30 bits per heavy atom. The van der Waals surface area contributed by atoms with E-state index in [1.165, 1.54) is 0 Å². The molecule has 11 heteroatoms. The lowest BCUT2D eigenvalue weighted by Crippen LogP contribution is -2.22. The van der Waals surface area contributed by atoms with Gasteiger partial charge in [-0.05, 0) is 17.7 Å². The molecule has 0 amide bonds. The zero-order chi connectivity index (χ0) is 15.7. The molecule has 4 nitrogen and oxygen atoms in total. The lowest BCUT2D eigenvalue weighted by molar-refractivity contribution is -0.274. The van der Waals surface area contributed by atoms with E-state index in [1.807, 2.05) is 0 Å². The van der Waals surface area contributed by atoms with E-state index in [4.69, 9.17) is 17.3 Å². The van der Waals surface area contributed by atoms with E-state index in [0.717, 1.165) is 0 Å². The number of aromatic nitrogens is 1. The minimum atomic E-state index is -5.23. The summed E-state index contributed by atoms with van der Waals surface area (Å²) in [5, 5.41) is -1.63. The number of carbonyl (C=O) groups is 1. The summed E-state index contributed by atoms with van der Waals surface area (Å²) >= 11 is 4.91. The van der Waals surface area contributed by atoms with Crippen LogP contribution in [-0.4, -0.2) is 16.6 Å². The van der Waals surface area contributed by atoms with Crippen molar-refractivity contribution in [3.63, 3.8) is 0 Å². The van der Waals surface area contributed by atoms with Crippen LogP contribution in [0.25, 0.3) is 0 Å². The molecule has 0 spiro atoms. The van der Waals surface area contributed by atoms with Gasteiger partial charge in [0, 0.05) is 12.1 Å². The summed E-state index contributed by atoms with van der Waals surface area (Å²) < 4.78 is 77.5. The molecule has 0 unspecified atom stereocenters. The molecule has 0 radical (unpaired) electrons. The van der Waals surface area contributed by atoms with Crippen molar-refractivity contribution in [3.8, 4) is 5.75 Å². The second kappa shape index (κ2) is 5.44. The van der Waals surface area contributed by atoms with Gasteiger partial charge in [-0.25, -0.2) is 4.98 Å². The smallest absolute Gasteiger partial charge is 0.403 e. The number of hydrogen-bond acceptors (Lipinski definition) is 4. The molecule has 0 aliphatic carbocycles. The molecule has 0 saturated carbocycles. The van der Waals surface area contributed by atoms with E-state index in [1.54, 1.807) is 0 Å². The van der Waals surface area contributed by atoms with Crippen LogP contribution in [-0.2, 0) is 12.7 Å². The van der Waals surface area contributed by atoms with Crippen LogP contribution in [0.3, 0.4) is 0 Å². The highest BCUT2D eigenvalue weighted by Gasteiger charge is 2.39. The van der Waals surface area contributed by atoms with Gasteiger partial charge < -0.3 is 10.5 Å². The van der Waals surface area contributed by atoms with Crippen LogP contribution in [0.4, 0.5) is 26.3 Å². The van der Waals surface area contributed by atoms with Crippen molar-refractivity contribution in [2.75, 3.05) is 0 Å². The number of ether oxygens (including phenoxy) is 1. The van der Waals surface area contributed by atoms with Crippen molar-refractivity contribution >= 4 is 16.8 Å². The highest BCUT2D eigenvalue weighted by Crippen LogP contribution is 2.35. The first kappa shape index (κ1) is 16.5. The molecule has 1 rings (SSSR count). The summed E-state index contributed by atoms with van der Waals surface area (Å²) in [5.74, 6) is -1.24. The first-order chi connectivity index (χ1) is 8.95. The average Bonchev–Trinajstić information content (AvgIpc) is 2.24. The van der Waals surface area contributed by atoms with Gasteiger partial charge in [-0.3, -0.25) is 4.79 Å². The first-order valence-electron chi connectivity index (χ1n) is 4.72. The Bertz CT molecular complexity index is 528. The van der Waals surface area contributed by atoms with Crippen LogP contribution in [0.1, 0.15) is 21.7 Å². The van der Waals surface area contributed by atoms with Crippen LogP contribution >= 0.6 is 11.6 Å². The standard InChI is InChI=1S/C9H5ClF6N2O2/c10-7(19)5-4(20-9(14,15)16)1-3(2-17)6(18-5)8(11,12)13/h1H,2,17H2. The minimum Gasteiger partial charge on any atom is -0.403 e. The minimum absolute atomic E-state index is 0.332. The van der Waals surface area contributed by atoms with Crippen LogP contribution in [0.15, 0.2) is 6.07 Å². The molecule has 0 aromatic carbocycles. The molecule has 20 heavy (non-hydrogen) atoms. The Kier molecular flexibility index (Phi) is 4.49. The van der Waals surface area contributed by atoms with Crippen molar-refractivity contribution in [1.29, 1.82) is 0 Å². The number of nitrogens with zero attached hydrogens (tertiary/aromatic N) is 1. The lowest BCUT2D eigenvalue weighted by atomic mass is 10.1. The zero-order valence-electron chi connectivity index (χ0n) is 9.27. The van der Waals surface area contributed by atoms with Gasteiger partial charge in [-0.2, -0.15) is 13.2 Å². The number of carbonyl (C=O) groups excluding carboxylic acids is 1. The largest absolute Gasteiger partial charge is 0.573 e. The highest BCUT2D eigenvalue weighted by atomic mass is 35.5. The van der Waals surface area contributed by atoms with Gasteiger partial charge in [0.15, 0.2) is 11.4 Å². The monoisotopic (exact) mass is 322 g/mol. The topological polar surface area (TPSA) is 65.2 Å². The van der Waals surface area contributed by atoms with Gasteiger partial charge in [-0.1, -0.05) is 0 Å². The molecule has 112 valence electrons. The fourth-order valence-corrected chi connectivity index (χ4v) is 1.41. The normalized spacial score (nSPS) is 12.4. The number of rotatable bonds is 3. The van der Waals surface area contributed by atoms with E-state index < -0.39 is 47.0 Å². The van der Waals surface area contributed by atoms with Crippen LogP contribution in [0, 0.1) is 0 Å². The van der Waals surface area contributed by atoms with Gasteiger partial charge in [-0.15, -0.1) is 13.2 Å². The highest BCUT2D eigenvalue weighted by molar-refractivity contribution is 6.67. The molecule has 0 aliphatic heterocycles. The van der Waals surface area contributed by atoms with Crippen molar-refractivity contribution in [1.82, 2.24) is 4.98 Å². The third-order valence-electron chi connectivity index (χ3n) is 1.97. The maximum absolute atomic E-state index is 12.6. The van der Waals surface area contributed by atoms with Crippen LogP contribution in [0.5, 0.6) is 5.75 Å². The van der Waals surface area contributed by atoms with Gasteiger partial charge in [0.2, 0.25) is 0 Å². The molecular formula is C9H5ClF6N2O2. The van der Waals surface area contributed by atoms with Crippen molar-refractivity contribution in [2.24, 2.45) is 5.73 Å². The number of pyridine rings is 1. The number of halogens is 7. The molecule has 0 saturated heterocycles. The Morgan fingerprint density at radius 2 is 1.85 bits per heavy atom. The third-order valence-corrected chi connectivity index (χ3v) is 2.15. The molecule has 0 aliphatic rings. The fraction of sp³-hybridized carbons (Fsp3) is 0.333. The maximum Gasteiger partial charge on any atom is 0.573 e. The Balaban J connectivity index is 3.50. The molecule has 0 bridgehead atoms. The summed E-state index contributed by atoms with van der Waals surface area (Å²) in [6, 6.07) is 0.332. The van der Waals surface area contributed by atoms with E-state index in [9.17, 15) is 31.1 Å². The molecule has 1 heterocycles. The third kappa shape index (κ3) is 3.97. The Labute approximate surface area is 112 Å². The van der Waals surface area contributed by atoms with Gasteiger partial charge >= 0.3 is 12.5 Å². The molecule has 0 fully saturated rings. The van der Waals surface area contributed by atoms with E-state index in [2.05, 4.69) is 9.72 Å². The van der Waals surface area contributed by atoms with Crippen LogP contribution < -0.4 is 10.5 Å². The zero-order valence-corrected chi connectivity index (χ0v) is 10.0. The van der Waals surface area contributed by atoms with E-state index >= 15 is 0 Å². The predicted molar refractivity (Wildman–Crippen MR) is 54.0 cm³/mol. The van der Waals surface area contributed by atoms with Crippen molar-refractivity contribution < 1.29 is 35.9 Å². The van der Waals surface area contributed by atoms with Gasteiger partial charge in [0.25, 0.3) is 5.24 Å². The molecule has 1 aromatic heterocycles. The number of alkyl halides is 6. The quantitative estimate of drug-likeness (QED) is 0.686. The van der Waals surface area contributed by atoms with Gasteiger partial charge in [0.1, 0.15) is 5.69 Å². The molecule has 0 atom stereocenters. The SMILES string of the molecule is NCc1cc(OC(F)(F)F)c(C(=O)Cl)nc1C(F)(F)F. The van der Waals surface area contributed by atoms with E-state index in [-0.39, 0.29) is 0 Å². The number of nitrogens with two attached hydrogens (primary N) is 1. The Hall–Kier alpha value is -1.55. The Morgan fingerprint density at radius 3 is 2.20 bits per heavy atom. The number of hydrogen-bond donors (Lipinski definition) is 1. The summed E-state index contributed by atoms with van der Waals surface area (Å²) in [6.07, 6.45) is -10.2.